The summed E-state index contributed by atoms with van der Waals surface area (Å²) in [5, 5.41) is 0. The molecular formula is C12H14F2N2O2. The molecule has 0 saturated carbocycles. The number of piperidine rings is 1. The van der Waals surface area contributed by atoms with Crippen LogP contribution in [0, 0.1) is 11.6 Å². The summed E-state index contributed by atoms with van der Waals surface area (Å²) in [4.78, 5) is 18.3. The summed E-state index contributed by atoms with van der Waals surface area (Å²) in [6.07, 6.45) is 1.25. The second kappa shape index (κ2) is 5.41. The Morgan fingerprint density at radius 1 is 1.28 bits per heavy atom. The molecule has 98 valence electrons. The molecule has 1 aliphatic heterocycles. The molecule has 0 aliphatic carbocycles. The van der Waals surface area contributed by atoms with E-state index in [0.717, 1.165) is 12.1 Å². The first-order valence-corrected chi connectivity index (χ1v) is 5.71. The van der Waals surface area contributed by atoms with Gasteiger partial charge in [0.1, 0.15) is 0 Å². The van der Waals surface area contributed by atoms with Crippen molar-refractivity contribution in [3.05, 3.63) is 35.4 Å². The molecule has 0 atom stereocenters. The SMILES string of the molecule is NOC1CCN(C(=O)c2ccc(F)c(F)c2)CC1. The van der Waals surface area contributed by atoms with Crippen molar-refractivity contribution in [2.45, 2.75) is 18.9 Å². The average Bonchev–Trinajstić information content (AvgIpc) is 2.41. The van der Waals surface area contributed by atoms with Gasteiger partial charge in [-0.1, -0.05) is 0 Å². The van der Waals surface area contributed by atoms with Gasteiger partial charge in [0.05, 0.1) is 6.10 Å². The fraction of sp³-hybridized carbons (Fsp3) is 0.417. The van der Waals surface area contributed by atoms with Gasteiger partial charge in [0.25, 0.3) is 5.91 Å². The highest BCUT2D eigenvalue weighted by atomic mass is 19.2. The first-order valence-electron chi connectivity index (χ1n) is 5.71. The fourth-order valence-electron chi connectivity index (χ4n) is 2.01. The van der Waals surface area contributed by atoms with Gasteiger partial charge in [-0.15, -0.1) is 0 Å². The Kier molecular flexibility index (Phi) is 3.88. The number of hydrogen-bond acceptors (Lipinski definition) is 3. The number of amides is 1. The summed E-state index contributed by atoms with van der Waals surface area (Å²) in [5.41, 5.74) is 0.154. The molecule has 0 bridgehead atoms. The van der Waals surface area contributed by atoms with Gasteiger partial charge in [0, 0.05) is 18.7 Å². The van der Waals surface area contributed by atoms with Crippen molar-refractivity contribution < 1.29 is 18.4 Å². The van der Waals surface area contributed by atoms with Crippen molar-refractivity contribution in [3.63, 3.8) is 0 Å². The van der Waals surface area contributed by atoms with Crippen molar-refractivity contribution >= 4 is 5.91 Å². The van der Waals surface area contributed by atoms with Crippen molar-refractivity contribution in [2.75, 3.05) is 13.1 Å². The molecule has 0 aromatic heterocycles. The minimum absolute atomic E-state index is 0.0426. The Labute approximate surface area is 103 Å². The van der Waals surface area contributed by atoms with Crippen LogP contribution in [0.1, 0.15) is 23.2 Å². The molecule has 1 aromatic carbocycles. The summed E-state index contributed by atoms with van der Waals surface area (Å²) in [5.74, 6) is 2.81. The maximum absolute atomic E-state index is 13.0. The number of likely N-dealkylation sites (tertiary alicyclic amines) is 1. The van der Waals surface area contributed by atoms with E-state index in [1.54, 1.807) is 4.90 Å². The van der Waals surface area contributed by atoms with Gasteiger partial charge in [-0.2, -0.15) is 0 Å². The van der Waals surface area contributed by atoms with E-state index in [1.807, 2.05) is 0 Å². The molecule has 0 unspecified atom stereocenters. The Morgan fingerprint density at radius 3 is 2.50 bits per heavy atom. The largest absolute Gasteiger partial charge is 0.338 e. The van der Waals surface area contributed by atoms with Gasteiger partial charge in [-0.3, -0.25) is 4.79 Å². The van der Waals surface area contributed by atoms with Crippen LogP contribution < -0.4 is 5.90 Å². The molecule has 6 heteroatoms. The van der Waals surface area contributed by atoms with E-state index in [9.17, 15) is 13.6 Å². The first-order chi connectivity index (χ1) is 8.61. The molecule has 2 N–H and O–H groups in total. The summed E-state index contributed by atoms with van der Waals surface area (Å²) in [6, 6.07) is 3.16. The first kappa shape index (κ1) is 12.9. The number of hydrogen-bond donors (Lipinski definition) is 1. The fourth-order valence-corrected chi connectivity index (χ4v) is 2.01. The third-order valence-corrected chi connectivity index (χ3v) is 3.09. The summed E-state index contributed by atoms with van der Waals surface area (Å²) < 4.78 is 25.8. The van der Waals surface area contributed by atoms with E-state index >= 15 is 0 Å². The summed E-state index contributed by atoms with van der Waals surface area (Å²) in [7, 11) is 0. The molecule has 1 heterocycles. The predicted molar refractivity (Wildman–Crippen MR) is 60.6 cm³/mol. The number of nitrogens with zero attached hydrogens (tertiary/aromatic N) is 1. The van der Waals surface area contributed by atoms with Crippen LogP contribution in [-0.2, 0) is 4.84 Å². The molecule has 1 amide bonds. The van der Waals surface area contributed by atoms with Gasteiger partial charge in [-0.25, -0.2) is 14.7 Å². The van der Waals surface area contributed by atoms with Gasteiger partial charge >= 0.3 is 0 Å². The zero-order chi connectivity index (χ0) is 13.1. The number of carbonyl (C=O) groups excluding carboxylic acids is 1. The lowest BCUT2D eigenvalue weighted by Gasteiger charge is -2.30. The van der Waals surface area contributed by atoms with E-state index in [4.69, 9.17) is 10.7 Å². The van der Waals surface area contributed by atoms with Gasteiger partial charge in [0.2, 0.25) is 0 Å². The molecule has 1 aromatic rings. The third-order valence-electron chi connectivity index (χ3n) is 3.09. The summed E-state index contributed by atoms with van der Waals surface area (Å²) in [6.45, 7) is 0.999. The van der Waals surface area contributed by atoms with Crippen LogP contribution in [0.15, 0.2) is 18.2 Å². The van der Waals surface area contributed by atoms with Crippen LogP contribution >= 0.6 is 0 Å². The Morgan fingerprint density at radius 2 is 1.94 bits per heavy atom. The van der Waals surface area contributed by atoms with E-state index in [1.165, 1.54) is 6.07 Å². The lowest BCUT2D eigenvalue weighted by molar-refractivity contribution is 0.00780. The monoisotopic (exact) mass is 256 g/mol. The van der Waals surface area contributed by atoms with Crippen molar-refractivity contribution in [1.82, 2.24) is 4.90 Å². The molecule has 1 fully saturated rings. The maximum atomic E-state index is 13.0. The number of rotatable bonds is 2. The van der Waals surface area contributed by atoms with E-state index in [2.05, 4.69) is 0 Å². The molecule has 0 spiro atoms. The topological polar surface area (TPSA) is 55.6 Å². The van der Waals surface area contributed by atoms with Crippen LogP contribution in [0.5, 0.6) is 0 Å². The Bertz CT molecular complexity index is 446. The van der Waals surface area contributed by atoms with Gasteiger partial charge in [-0.05, 0) is 31.0 Å². The molecule has 4 nitrogen and oxygen atoms in total. The highest BCUT2D eigenvalue weighted by Gasteiger charge is 2.24. The van der Waals surface area contributed by atoms with Crippen LogP contribution in [0.25, 0.3) is 0 Å². The number of halogens is 2. The van der Waals surface area contributed by atoms with Crippen LogP contribution in [0.3, 0.4) is 0 Å². The highest BCUT2D eigenvalue weighted by molar-refractivity contribution is 5.94. The van der Waals surface area contributed by atoms with Gasteiger partial charge in [0.15, 0.2) is 11.6 Å². The molecule has 18 heavy (non-hydrogen) atoms. The minimum Gasteiger partial charge on any atom is -0.338 e. The van der Waals surface area contributed by atoms with Crippen LogP contribution in [0.4, 0.5) is 8.78 Å². The lowest BCUT2D eigenvalue weighted by Crippen LogP contribution is -2.41. The maximum Gasteiger partial charge on any atom is 0.253 e. The molecular weight excluding hydrogens is 242 g/mol. The van der Waals surface area contributed by atoms with Crippen molar-refractivity contribution in [1.29, 1.82) is 0 Å². The molecule has 0 radical (unpaired) electrons. The predicted octanol–water partition coefficient (Wildman–Crippen LogP) is 1.46. The van der Waals surface area contributed by atoms with E-state index < -0.39 is 11.6 Å². The van der Waals surface area contributed by atoms with Crippen LogP contribution in [0.2, 0.25) is 0 Å². The number of benzene rings is 1. The van der Waals surface area contributed by atoms with Crippen molar-refractivity contribution in [2.24, 2.45) is 5.90 Å². The summed E-state index contributed by atoms with van der Waals surface area (Å²) >= 11 is 0. The third kappa shape index (κ3) is 2.65. The quantitative estimate of drug-likeness (QED) is 0.815. The lowest BCUT2D eigenvalue weighted by atomic mass is 10.1. The molecule has 1 saturated heterocycles. The minimum atomic E-state index is -1.01. The smallest absolute Gasteiger partial charge is 0.253 e. The Balaban J connectivity index is 2.05. The van der Waals surface area contributed by atoms with Crippen molar-refractivity contribution in [3.8, 4) is 0 Å². The van der Waals surface area contributed by atoms with E-state index in [-0.39, 0.29) is 17.6 Å². The average molecular weight is 256 g/mol. The van der Waals surface area contributed by atoms with Crippen LogP contribution in [-0.4, -0.2) is 30.0 Å². The molecule has 1 aliphatic rings. The highest BCUT2D eigenvalue weighted by Crippen LogP contribution is 2.16. The normalized spacial score (nSPS) is 16.9. The number of nitrogens with two attached hydrogens (primary N) is 1. The second-order valence-electron chi connectivity index (χ2n) is 4.26. The second-order valence-corrected chi connectivity index (χ2v) is 4.26. The molecule has 2 rings (SSSR count). The standard InChI is InChI=1S/C12H14F2N2O2/c13-10-2-1-8(7-11(10)14)12(17)16-5-3-9(18-15)4-6-16/h1-2,7,9H,3-6,15H2. The zero-order valence-electron chi connectivity index (χ0n) is 9.73. The number of carbonyl (C=O) groups is 1. The zero-order valence-corrected chi connectivity index (χ0v) is 9.73. The van der Waals surface area contributed by atoms with E-state index in [0.29, 0.717) is 25.9 Å². The Hall–Kier alpha value is -1.53. The van der Waals surface area contributed by atoms with Gasteiger partial charge < -0.3 is 9.74 Å².